The van der Waals surface area contributed by atoms with Crippen molar-refractivity contribution < 1.29 is 14.3 Å². The Bertz CT molecular complexity index is 374. The number of carbonyl (C=O) groups excluding carboxylic acids is 1. The van der Waals surface area contributed by atoms with Gasteiger partial charge in [-0.1, -0.05) is 22.0 Å². The van der Waals surface area contributed by atoms with E-state index < -0.39 is 5.91 Å². The highest BCUT2D eigenvalue weighted by Gasteiger charge is 1.95. The highest BCUT2D eigenvalue weighted by atomic mass is 79.9. The molecule has 1 aromatic carbocycles. The van der Waals surface area contributed by atoms with Crippen LogP contribution in [0.4, 0.5) is 0 Å². The van der Waals surface area contributed by atoms with E-state index in [2.05, 4.69) is 21.2 Å². The molecular formula is C12H17BrN2O3. The van der Waals surface area contributed by atoms with E-state index >= 15 is 0 Å². The zero-order valence-electron chi connectivity index (χ0n) is 10.0. The van der Waals surface area contributed by atoms with Crippen LogP contribution in [0.2, 0.25) is 0 Å². The zero-order chi connectivity index (χ0) is 13.2. The summed E-state index contributed by atoms with van der Waals surface area (Å²) in [6.45, 7) is 2.38. The predicted octanol–water partition coefficient (Wildman–Crippen LogP) is 0.919. The first kappa shape index (κ1) is 14.9. The lowest BCUT2D eigenvalue weighted by molar-refractivity contribution is -0.122. The number of nitrogens with one attached hydrogen (secondary N) is 1. The van der Waals surface area contributed by atoms with E-state index in [9.17, 15) is 4.79 Å². The normalized spacial score (nSPS) is 10.3. The number of ether oxygens (including phenoxy) is 2. The summed E-state index contributed by atoms with van der Waals surface area (Å²) in [6.07, 6.45) is 0. The number of halogens is 1. The van der Waals surface area contributed by atoms with Crippen molar-refractivity contribution in [3.63, 3.8) is 0 Å². The van der Waals surface area contributed by atoms with Crippen molar-refractivity contribution in [3.05, 3.63) is 28.7 Å². The Hall–Kier alpha value is -1.11. The van der Waals surface area contributed by atoms with Gasteiger partial charge in [-0.05, 0) is 18.2 Å². The average Bonchev–Trinajstić information content (AvgIpc) is 2.32. The molecule has 3 N–H and O–H groups in total. The maximum Gasteiger partial charge on any atom is 0.243 e. The molecular weight excluding hydrogens is 300 g/mol. The molecule has 1 aromatic rings. The van der Waals surface area contributed by atoms with Crippen LogP contribution in [-0.2, 0) is 9.53 Å². The molecule has 0 saturated heterocycles. The molecule has 6 heteroatoms. The second-order valence-electron chi connectivity index (χ2n) is 3.57. The third kappa shape index (κ3) is 7.26. The molecule has 0 radical (unpaired) electrons. The Labute approximate surface area is 115 Å². The highest BCUT2D eigenvalue weighted by Crippen LogP contribution is 2.17. The lowest BCUT2D eigenvalue weighted by atomic mass is 10.3. The van der Waals surface area contributed by atoms with Crippen molar-refractivity contribution in [2.75, 3.05) is 32.9 Å². The van der Waals surface area contributed by atoms with Crippen LogP contribution in [-0.4, -0.2) is 38.8 Å². The number of carbonyl (C=O) groups is 1. The monoisotopic (exact) mass is 316 g/mol. The summed E-state index contributed by atoms with van der Waals surface area (Å²) < 4.78 is 11.5. The van der Waals surface area contributed by atoms with Gasteiger partial charge in [0, 0.05) is 17.6 Å². The fourth-order valence-corrected chi connectivity index (χ4v) is 1.62. The summed E-state index contributed by atoms with van der Waals surface area (Å²) in [7, 11) is 0. The molecule has 0 unspecified atom stereocenters. The first-order valence-electron chi connectivity index (χ1n) is 5.63. The Balaban J connectivity index is 1.97. The minimum atomic E-state index is -0.451. The van der Waals surface area contributed by atoms with E-state index in [1.807, 2.05) is 24.3 Å². The van der Waals surface area contributed by atoms with Crippen LogP contribution in [0.1, 0.15) is 0 Å². The number of primary amides is 1. The van der Waals surface area contributed by atoms with E-state index in [1.165, 1.54) is 0 Å². The van der Waals surface area contributed by atoms with Crippen LogP contribution < -0.4 is 15.8 Å². The second kappa shape index (κ2) is 8.91. The molecule has 0 heterocycles. The van der Waals surface area contributed by atoms with Crippen molar-refractivity contribution in [3.8, 4) is 5.75 Å². The Morgan fingerprint density at radius 3 is 2.83 bits per heavy atom. The molecule has 0 spiro atoms. The number of hydrogen-bond acceptors (Lipinski definition) is 4. The minimum absolute atomic E-state index is 0.0315. The molecule has 0 bridgehead atoms. The number of benzene rings is 1. The van der Waals surface area contributed by atoms with Gasteiger partial charge in [0.2, 0.25) is 5.91 Å². The average molecular weight is 317 g/mol. The van der Waals surface area contributed by atoms with Crippen LogP contribution in [0.3, 0.4) is 0 Å². The molecule has 0 saturated carbocycles. The first-order valence-corrected chi connectivity index (χ1v) is 6.43. The zero-order valence-corrected chi connectivity index (χ0v) is 11.6. The number of hydrogen-bond donors (Lipinski definition) is 2. The van der Waals surface area contributed by atoms with Crippen molar-refractivity contribution in [1.82, 2.24) is 5.32 Å². The van der Waals surface area contributed by atoms with E-state index in [0.717, 1.165) is 10.2 Å². The predicted molar refractivity (Wildman–Crippen MR) is 72.5 cm³/mol. The molecule has 18 heavy (non-hydrogen) atoms. The molecule has 0 aliphatic carbocycles. The minimum Gasteiger partial charge on any atom is -0.492 e. The maximum absolute atomic E-state index is 10.4. The van der Waals surface area contributed by atoms with Gasteiger partial charge in [-0.3, -0.25) is 4.79 Å². The quantitative estimate of drug-likeness (QED) is 0.664. The number of nitrogens with two attached hydrogens (primary N) is 1. The third-order valence-electron chi connectivity index (χ3n) is 2.01. The van der Waals surface area contributed by atoms with Crippen LogP contribution in [0.25, 0.3) is 0 Å². The summed E-state index contributed by atoms with van der Waals surface area (Å²) >= 11 is 3.37. The molecule has 0 aliphatic rings. The van der Waals surface area contributed by atoms with E-state index in [-0.39, 0.29) is 6.61 Å². The van der Waals surface area contributed by atoms with Gasteiger partial charge in [0.1, 0.15) is 19.0 Å². The van der Waals surface area contributed by atoms with Gasteiger partial charge in [0.25, 0.3) is 0 Å². The van der Waals surface area contributed by atoms with Gasteiger partial charge >= 0.3 is 0 Å². The summed E-state index contributed by atoms with van der Waals surface area (Å²) in [5.74, 6) is 0.379. The molecule has 1 rings (SSSR count). The van der Waals surface area contributed by atoms with Gasteiger partial charge in [0.05, 0.1) is 6.61 Å². The van der Waals surface area contributed by atoms with Crippen LogP contribution in [0.15, 0.2) is 28.7 Å². The third-order valence-corrected chi connectivity index (χ3v) is 2.50. The summed E-state index contributed by atoms with van der Waals surface area (Å²) in [4.78, 5) is 10.4. The first-order chi connectivity index (χ1) is 8.68. The topological polar surface area (TPSA) is 73.6 Å². The lowest BCUT2D eigenvalue weighted by Crippen LogP contribution is -2.27. The molecule has 0 aromatic heterocycles. The summed E-state index contributed by atoms with van der Waals surface area (Å²) in [5.41, 5.74) is 4.92. The fraction of sp³-hybridized carbons (Fsp3) is 0.417. The smallest absolute Gasteiger partial charge is 0.243 e. The summed E-state index contributed by atoms with van der Waals surface area (Å²) in [5, 5.41) is 3.13. The largest absolute Gasteiger partial charge is 0.492 e. The molecule has 0 atom stereocenters. The molecule has 0 fully saturated rings. The Morgan fingerprint density at radius 2 is 2.11 bits per heavy atom. The second-order valence-corrected chi connectivity index (χ2v) is 4.49. The van der Waals surface area contributed by atoms with Crippen LogP contribution in [0.5, 0.6) is 5.75 Å². The van der Waals surface area contributed by atoms with Gasteiger partial charge in [-0.15, -0.1) is 0 Å². The van der Waals surface area contributed by atoms with E-state index in [0.29, 0.717) is 26.3 Å². The highest BCUT2D eigenvalue weighted by molar-refractivity contribution is 9.10. The van der Waals surface area contributed by atoms with Gasteiger partial charge in [-0.25, -0.2) is 0 Å². The number of amides is 1. The molecule has 0 aliphatic heterocycles. The van der Waals surface area contributed by atoms with Crippen molar-refractivity contribution in [2.45, 2.75) is 0 Å². The SMILES string of the molecule is NC(=O)COCCNCCOc1cccc(Br)c1. The molecule has 5 nitrogen and oxygen atoms in total. The van der Waals surface area contributed by atoms with Gasteiger partial charge in [-0.2, -0.15) is 0 Å². The van der Waals surface area contributed by atoms with Crippen molar-refractivity contribution in [2.24, 2.45) is 5.73 Å². The molecule has 100 valence electrons. The Kier molecular flexibility index (Phi) is 7.40. The van der Waals surface area contributed by atoms with Gasteiger partial charge < -0.3 is 20.5 Å². The Morgan fingerprint density at radius 1 is 1.33 bits per heavy atom. The standard InChI is InChI=1S/C12H17BrN2O3/c13-10-2-1-3-11(8-10)18-7-5-15-4-6-17-9-12(14)16/h1-3,8,15H,4-7,9H2,(H2,14,16). The lowest BCUT2D eigenvalue weighted by Gasteiger charge is -2.07. The van der Waals surface area contributed by atoms with Crippen LogP contribution >= 0.6 is 15.9 Å². The van der Waals surface area contributed by atoms with Gasteiger partial charge in [0.15, 0.2) is 0 Å². The van der Waals surface area contributed by atoms with E-state index in [1.54, 1.807) is 0 Å². The van der Waals surface area contributed by atoms with Crippen LogP contribution in [0, 0.1) is 0 Å². The maximum atomic E-state index is 10.4. The van der Waals surface area contributed by atoms with E-state index in [4.69, 9.17) is 15.2 Å². The fourth-order valence-electron chi connectivity index (χ4n) is 1.24. The van der Waals surface area contributed by atoms with Crippen molar-refractivity contribution >= 4 is 21.8 Å². The summed E-state index contributed by atoms with van der Waals surface area (Å²) in [6, 6.07) is 7.68. The molecule has 1 amide bonds. The van der Waals surface area contributed by atoms with Crippen molar-refractivity contribution in [1.29, 1.82) is 0 Å². The number of rotatable bonds is 9.